The average Bonchev–Trinajstić information content (AvgIpc) is 2.46. The van der Waals surface area contributed by atoms with E-state index >= 15 is 4.79 Å². The highest BCUT2D eigenvalue weighted by Gasteiger charge is 2.74. The Kier molecular flexibility index (Phi) is 24.9. The second kappa shape index (κ2) is 31.1. The van der Waals surface area contributed by atoms with Crippen LogP contribution in [0.2, 0.25) is 5.02 Å². The first kappa shape index (κ1) is 63.1. The molecule has 1 aliphatic carbocycles. The van der Waals surface area contributed by atoms with Crippen LogP contribution in [-0.4, -0.2) is 152 Å². The molecular weight excluding hydrogens is 1060 g/mol. The Bertz CT molecular complexity index is 2500. The summed E-state index contributed by atoms with van der Waals surface area (Å²) < 4.78 is 54.5. The quantitative estimate of drug-likeness (QED) is 0.0173. The summed E-state index contributed by atoms with van der Waals surface area (Å²) in [6.07, 6.45) is 5.44. The standard InChI is InChI=1S/C42H51ClF2N4O8.C11H18N2O7.C2H6/c1-5-18-47(24-29-12-17-34(54-4)27(2)22-29)40(50)36-31(30-13-10-28(11-14-30)9-8-20-55-38-33(45)16-15-32(44)37(38)43)23-42-26-46(3)25-35(42)48(39(36)42)41(51)56-19-6-7-21-57-49(52)53;14-9-12-5-3-4-10(12)8-19-11(15)18-6-1-2-7-20-13(16)17;1-2/h10-17,22,31,35-36,39H,5-9,18-21,23-26H2,1-4H3;9-10H,1-8H2;1-2H3. The number of likely N-dealkylation sites (N-methyl/N-ethyl adjacent to an activating group) is 1. The number of carbonyl (C=O) groups excluding carboxylic acids is 4. The molecule has 3 aromatic carbocycles. The lowest BCUT2D eigenvalue weighted by molar-refractivity contribution is -0.757. The van der Waals surface area contributed by atoms with Gasteiger partial charge in [-0.15, -0.1) is 20.2 Å². The molecular formula is C55H75ClF2N6O15. The molecule has 6 unspecified atom stereocenters. The van der Waals surface area contributed by atoms with Crippen LogP contribution in [0.15, 0.2) is 54.6 Å². The SMILES string of the molecule is CC.CCCN(Cc1ccc(OC)c(C)c1)C(=O)C1C(c2ccc(CCCOc3c(F)ccc(F)c3Cl)cc2)CC23CN(C)CC2N(C(=O)OCCCCO[N+](=O)[O-])C13.O=CN1CCCC1COC(=O)OCCCCO[N+](=O)[O-]. The molecule has 0 bridgehead atoms. The van der Waals surface area contributed by atoms with Crippen molar-refractivity contribution in [1.29, 1.82) is 0 Å². The molecule has 3 heterocycles. The highest BCUT2D eigenvalue weighted by atomic mass is 35.5. The Morgan fingerprint density at radius 2 is 1.52 bits per heavy atom. The van der Waals surface area contributed by atoms with Gasteiger partial charge in [0.1, 0.15) is 23.2 Å². The Morgan fingerprint density at radius 1 is 0.873 bits per heavy atom. The maximum atomic E-state index is 15.1. The molecule has 79 heavy (non-hydrogen) atoms. The minimum atomic E-state index is -0.866. The normalized spacial score (nSPS) is 20.6. The third-order valence-corrected chi connectivity index (χ3v) is 14.9. The number of ether oxygens (including phenoxy) is 5. The number of amides is 3. The Hall–Kier alpha value is -6.75. The molecule has 4 fully saturated rings. The van der Waals surface area contributed by atoms with Gasteiger partial charge < -0.3 is 48.1 Å². The fourth-order valence-electron chi connectivity index (χ4n) is 11.2. The number of halogens is 3. The molecule has 3 aromatic rings. The van der Waals surface area contributed by atoms with Crippen LogP contribution in [0.1, 0.15) is 107 Å². The monoisotopic (exact) mass is 1130 g/mol. The van der Waals surface area contributed by atoms with Gasteiger partial charge in [-0.05, 0) is 125 Å². The molecule has 6 atom stereocenters. The van der Waals surface area contributed by atoms with Crippen LogP contribution >= 0.6 is 11.6 Å². The van der Waals surface area contributed by atoms with E-state index in [1.165, 1.54) is 0 Å². The smallest absolute Gasteiger partial charge is 0.496 e. The molecule has 3 aliphatic heterocycles. The van der Waals surface area contributed by atoms with Crippen LogP contribution in [0.5, 0.6) is 11.5 Å². The van der Waals surface area contributed by atoms with E-state index in [1.807, 2.05) is 70.0 Å². The summed E-state index contributed by atoms with van der Waals surface area (Å²) in [6.45, 7) is 11.4. The average molecular weight is 1130 g/mol. The zero-order valence-electron chi connectivity index (χ0n) is 46.0. The van der Waals surface area contributed by atoms with Crippen molar-refractivity contribution in [2.75, 3.05) is 80.0 Å². The molecule has 4 aliphatic rings. The molecule has 1 spiro atoms. The van der Waals surface area contributed by atoms with Gasteiger partial charge in [0, 0.05) is 38.1 Å². The Labute approximate surface area is 464 Å². The van der Waals surface area contributed by atoms with Crippen molar-refractivity contribution < 1.29 is 71.5 Å². The van der Waals surface area contributed by atoms with E-state index in [1.54, 1.807) is 16.9 Å². The van der Waals surface area contributed by atoms with Gasteiger partial charge in [-0.1, -0.05) is 68.8 Å². The van der Waals surface area contributed by atoms with Crippen LogP contribution in [0.4, 0.5) is 18.4 Å². The van der Waals surface area contributed by atoms with Crippen LogP contribution < -0.4 is 9.47 Å². The molecule has 0 radical (unpaired) electrons. The van der Waals surface area contributed by atoms with Crippen molar-refractivity contribution in [3.8, 4) is 11.5 Å². The molecule has 3 amide bonds. The summed E-state index contributed by atoms with van der Waals surface area (Å²) in [4.78, 5) is 87.4. The van der Waals surface area contributed by atoms with Crippen LogP contribution in [-0.2, 0) is 46.4 Å². The molecule has 21 nitrogen and oxygen atoms in total. The van der Waals surface area contributed by atoms with Gasteiger partial charge in [-0.3, -0.25) is 14.5 Å². The summed E-state index contributed by atoms with van der Waals surface area (Å²) in [5.41, 5.74) is 3.68. The Morgan fingerprint density at radius 3 is 2.15 bits per heavy atom. The first-order valence-electron chi connectivity index (χ1n) is 27.0. The van der Waals surface area contributed by atoms with E-state index in [9.17, 15) is 43.4 Å². The van der Waals surface area contributed by atoms with Crippen molar-refractivity contribution in [2.24, 2.45) is 11.3 Å². The number of methoxy groups -OCH3 is 1. The number of benzene rings is 3. The molecule has 7 rings (SSSR count). The lowest BCUT2D eigenvalue weighted by atomic mass is 9.67. The van der Waals surface area contributed by atoms with Crippen LogP contribution in [0.3, 0.4) is 0 Å². The fourth-order valence-corrected chi connectivity index (χ4v) is 11.4. The third kappa shape index (κ3) is 16.9. The fraction of sp³-hybridized carbons (Fsp3) is 0.600. The van der Waals surface area contributed by atoms with Gasteiger partial charge in [0.05, 0.1) is 64.2 Å². The number of rotatable bonds is 27. The molecule has 0 N–H and O–H groups in total. The topological polar surface area (TPSA) is 232 Å². The predicted molar refractivity (Wildman–Crippen MR) is 285 cm³/mol. The van der Waals surface area contributed by atoms with Gasteiger partial charge in [0.25, 0.3) is 10.2 Å². The first-order valence-corrected chi connectivity index (χ1v) is 27.4. The first-order chi connectivity index (χ1) is 38.0. The molecule has 3 saturated heterocycles. The molecule has 0 aromatic heterocycles. The van der Waals surface area contributed by atoms with E-state index in [0.717, 1.165) is 78.8 Å². The van der Waals surface area contributed by atoms with Crippen molar-refractivity contribution in [2.45, 2.75) is 122 Å². The van der Waals surface area contributed by atoms with Gasteiger partial charge in [-0.25, -0.2) is 18.4 Å². The zero-order valence-corrected chi connectivity index (χ0v) is 46.7. The van der Waals surface area contributed by atoms with E-state index in [-0.39, 0.29) is 85.8 Å². The number of aryl methyl sites for hydroxylation is 2. The summed E-state index contributed by atoms with van der Waals surface area (Å²) >= 11 is 5.92. The summed E-state index contributed by atoms with van der Waals surface area (Å²) in [6, 6.07) is 15.5. The Balaban J connectivity index is 0.000000439. The van der Waals surface area contributed by atoms with E-state index in [2.05, 4.69) is 26.7 Å². The number of carbonyl (C=O) groups is 4. The molecule has 24 heteroatoms. The number of hydrogen-bond acceptors (Lipinski definition) is 16. The van der Waals surface area contributed by atoms with Gasteiger partial charge in [0.2, 0.25) is 12.3 Å². The highest BCUT2D eigenvalue weighted by Crippen LogP contribution is 2.65. The third-order valence-electron chi connectivity index (χ3n) is 14.6. The predicted octanol–water partition coefficient (Wildman–Crippen LogP) is 9.37. The van der Waals surface area contributed by atoms with Crippen LogP contribution in [0, 0.1) is 50.1 Å². The summed E-state index contributed by atoms with van der Waals surface area (Å²) in [5, 5.41) is 18.3. The van der Waals surface area contributed by atoms with E-state index < -0.39 is 40.0 Å². The van der Waals surface area contributed by atoms with Crippen molar-refractivity contribution in [3.05, 3.63) is 114 Å². The number of likely N-dealkylation sites (tertiary alicyclic amines) is 3. The molecule has 1 saturated carbocycles. The lowest BCUT2D eigenvalue weighted by Gasteiger charge is -2.57. The van der Waals surface area contributed by atoms with Crippen molar-refractivity contribution in [3.63, 3.8) is 0 Å². The van der Waals surface area contributed by atoms with Gasteiger partial charge in [0.15, 0.2) is 11.6 Å². The maximum Gasteiger partial charge on any atom is 0.508 e. The zero-order chi connectivity index (χ0) is 57.6. The van der Waals surface area contributed by atoms with E-state index in [0.29, 0.717) is 64.7 Å². The second-order valence-corrected chi connectivity index (χ2v) is 20.1. The summed E-state index contributed by atoms with van der Waals surface area (Å²) in [5.74, 6) is -1.72. The van der Waals surface area contributed by atoms with Crippen molar-refractivity contribution in [1.82, 2.24) is 19.6 Å². The lowest BCUT2D eigenvalue weighted by Crippen LogP contribution is -2.73. The largest absolute Gasteiger partial charge is 0.508 e. The second-order valence-electron chi connectivity index (χ2n) is 19.8. The summed E-state index contributed by atoms with van der Waals surface area (Å²) in [7, 11) is 3.67. The van der Waals surface area contributed by atoms with Crippen LogP contribution in [0.25, 0.3) is 0 Å². The van der Waals surface area contributed by atoms with Gasteiger partial charge in [-0.2, -0.15) is 0 Å². The minimum Gasteiger partial charge on any atom is -0.496 e. The van der Waals surface area contributed by atoms with E-state index in [4.69, 9.17) is 35.3 Å². The van der Waals surface area contributed by atoms with Gasteiger partial charge >= 0.3 is 12.2 Å². The molecule has 436 valence electrons. The highest BCUT2D eigenvalue weighted by molar-refractivity contribution is 6.32. The minimum absolute atomic E-state index is 0.00982. The number of unbranched alkanes of at least 4 members (excludes halogenated alkanes) is 2. The van der Waals surface area contributed by atoms with Crippen molar-refractivity contribution >= 4 is 36.2 Å². The number of hydrogen-bond donors (Lipinski definition) is 0. The number of nitrogens with zero attached hydrogens (tertiary/aromatic N) is 6. The maximum absolute atomic E-state index is 15.1.